The van der Waals surface area contributed by atoms with Crippen LogP contribution in [0.3, 0.4) is 0 Å². The normalized spacial score (nSPS) is 14.4. The zero-order valence-electron chi connectivity index (χ0n) is 20.3. The molecule has 1 aliphatic rings. The second-order valence-electron chi connectivity index (χ2n) is 8.74. The molecule has 1 aromatic heterocycles. The van der Waals surface area contributed by atoms with E-state index in [-0.39, 0.29) is 5.75 Å². The first kappa shape index (κ1) is 25.5. The lowest BCUT2D eigenvalue weighted by Crippen LogP contribution is -2.46. The van der Waals surface area contributed by atoms with Crippen LogP contribution in [0.4, 0.5) is 5.69 Å². The molecule has 0 spiro atoms. The molecule has 0 aliphatic carbocycles. The number of aromatic nitrogens is 1. The Morgan fingerprint density at radius 3 is 2.39 bits per heavy atom. The van der Waals surface area contributed by atoms with Gasteiger partial charge in [-0.15, -0.1) is 0 Å². The first-order valence-electron chi connectivity index (χ1n) is 11.7. The molecule has 190 valence electrons. The molecule has 1 aliphatic heterocycles. The fourth-order valence-electron chi connectivity index (χ4n) is 4.23. The molecule has 1 fully saturated rings. The Morgan fingerprint density at radius 1 is 1.03 bits per heavy atom. The number of ether oxygens (including phenoxy) is 1. The van der Waals surface area contributed by atoms with Crippen LogP contribution in [0.15, 0.2) is 60.9 Å². The molecule has 4 rings (SSSR count). The lowest BCUT2D eigenvalue weighted by molar-refractivity contribution is 0.0981. The minimum absolute atomic E-state index is 0.121. The van der Waals surface area contributed by atoms with Gasteiger partial charge in [0.2, 0.25) is 10.0 Å². The van der Waals surface area contributed by atoms with Crippen molar-refractivity contribution in [3.8, 4) is 22.6 Å². The van der Waals surface area contributed by atoms with Gasteiger partial charge in [0.1, 0.15) is 11.5 Å². The highest BCUT2D eigenvalue weighted by Gasteiger charge is 2.19. The van der Waals surface area contributed by atoms with Crippen LogP contribution >= 0.6 is 0 Å². The minimum atomic E-state index is -3.60. The molecule has 3 aromatic rings. The quantitative estimate of drug-likeness (QED) is 0.476. The zero-order chi connectivity index (χ0) is 25.7. The predicted molar refractivity (Wildman–Crippen MR) is 139 cm³/mol. The molecule has 9 nitrogen and oxygen atoms in total. The van der Waals surface area contributed by atoms with E-state index in [1.54, 1.807) is 24.4 Å². The van der Waals surface area contributed by atoms with Crippen molar-refractivity contribution in [2.45, 2.75) is 13.5 Å². The van der Waals surface area contributed by atoms with Crippen molar-refractivity contribution >= 4 is 21.6 Å². The van der Waals surface area contributed by atoms with E-state index in [0.29, 0.717) is 12.2 Å². The van der Waals surface area contributed by atoms with E-state index in [9.17, 15) is 18.3 Å². The standard InChI is InChI=1S/C26H30N4O5S/c1-3-35-25-13-19(12-21(15-25)22-14-24(31)17-27-16-22)18-29-8-10-30(11-9-29)23-6-4-20(5-7-23)26(32)28-36(2,33)34/h4-7,12-17,31H,3,8-11,18H2,1-2H3,(H,28,32). The Hall–Kier alpha value is -3.63. The van der Waals surface area contributed by atoms with Crippen molar-refractivity contribution in [1.82, 2.24) is 14.6 Å². The number of amides is 1. The Balaban J connectivity index is 1.40. The Kier molecular flexibility index (Phi) is 7.76. The molecule has 0 radical (unpaired) electrons. The summed E-state index contributed by atoms with van der Waals surface area (Å²) in [5.41, 5.74) is 4.18. The van der Waals surface area contributed by atoms with E-state index >= 15 is 0 Å². The summed E-state index contributed by atoms with van der Waals surface area (Å²) in [6.45, 7) is 6.64. The summed E-state index contributed by atoms with van der Waals surface area (Å²) >= 11 is 0. The smallest absolute Gasteiger partial charge is 0.264 e. The van der Waals surface area contributed by atoms with Crippen LogP contribution in [0.2, 0.25) is 0 Å². The van der Waals surface area contributed by atoms with Gasteiger partial charge in [0.15, 0.2) is 0 Å². The number of piperazine rings is 1. The second kappa shape index (κ2) is 11.0. The molecule has 36 heavy (non-hydrogen) atoms. The van der Waals surface area contributed by atoms with Crippen LogP contribution in [0, 0.1) is 0 Å². The van der Waals surface area contributed by atoms with Gasteiger partial charge in [0, 0.05) is 55.7 Å². The number of pyridine rings is 1. The molecule has 10 heteroatoms. The highest BCUT2D eigenvalue weighted by molar-refractivity contribution is 7.89. The van der Waals surface area contributed by atoms with E-state index in [1.807, 2.05) is 29.8 Å². The maximum Gasteiger partial charge on any atom is 0.264 e. The van der Waals surface area contributed by atoms with E-state index in [2.05, 4.69) is 26.9 Å². The number of hydrogen-bond donors (Lipinski definition) is 2. The lowest BCUT2D eigenvalue weighted by atomic mass is 10.0. The maximum absolute atomic E-state index is 12.0. The summed E-state index contributed by atoms with van der Waals surface area (Å²) in [5.74, 6) is 0.270. The Bertz CT molecular complexity index is 1320. The number of nitrogens with one attached hydrogen (secondary N) is 1. The molecule has 2 N–H and O–H groups in total. The van der Waals surface area contributed by atoms with Gasteiger partial charge in [-0.3, -0.25) is 14.7 Å². The SMILES string of the molecule is CCOc1cc(CN2CCN(c3ccc(C(=O)NS(C)(=O)=O)cc3)CC2)cc(-c2cncc(O)c2)c1. The van der Waals surface area contributed by atoms with Crippen molar-refractivity contribution < 1.29 is 23.1 Å². The summed E-state index contributed by atoms with van der Waals surface area (Å²) in [5, 5.41) is 9.83. The third kappa shape index (κ3) is 6.73. The fraction of sp³-hybridized carbons (Fsp3) is 0.308. The number of sulfonamides is 1. The first-order chi connectivity index (χ1) is 17.2. The number of anilines is 1. The van der Waals surface area contributed by atoms with Crippen molar-refractivity contribution in [1.29, 1.82) is 0 Å². The van der Waals surface area contributed by atoms with Crippen LogP contribution in [0.25, 0.3) is 11.1 Å². The topological polar surface area (TPSA) is 112 Å². The van der Waals surface area contributed by atoms with Gasteiger partial charge in [-0.25, -0.2) is 13.1 Å². The summed E-state index contributed by atoms with van der Waals surface area (Å²) in [6.07, 6.45) is 4.09. The minimum Gasteiger partial charge on any atom is -0.506 e. The number of carbonyl (C=O) groups excluding carboxylic acids is 1. The summed E-state index contributed by atoms with van der Waals surface area (Å²) in [7, 11) is -3.60. The van der Waals surface area contributed by atoms with Crippen LogP contribution in [-0.2, 0) is 16.6 Å². The van der Waals surface area contributed by atoms with Gasteiger partial charge in [-0.05, 0) is 66.6 Å². The third-order valence-electron chi connectivity index (χ3n) is 5.89. The molecule has 0 unspecified atom stereocenters. The van der Waals surface area contributed by atoms with Crippen molar-refractivity contribution in [2.24, 2.45) is 0 Å². The first-order valence-corrected chi connectivity index (χ1v) is 13.6. The van der Waals surface area contributed by atoms with Crippen LogP contribution < -0.4 is 14.4 Å². The van der Waals surface area contributed by atoms with Crippen molar-refractivity contribution in [3.05, 3.63) is 72.1 Å². The van der Waals surface area contributed by atoms with Gasteiger partial charge in [-0.2, -0.15) is 0 Å². The Morgan fingerprint density at radius 2 is 1.75 bits per heavy atom. The number of nitrogens with zero attached hydrogens (tertiary/aromatic N) is 3. The molecule has 1 saturated heterocycles. The molecule has 0 atom stereocenters. The maximum atomic E-state index is 12.0. The largest absolute Gasteiger partial charge is 0.506 e. The fourth-order valence-corrected chi connectivity index (χ4v) is 4.68. The van der Waals surface area contributed by atoms with Gasteiger partial charge in [-0.1, -0.05) is 0 Å². The second-order valence-corrected chi connectivity index (χ2v) is 10.5. The molecular formula is C26H30N4O5S. The zero-order valence-corrected chi connectivity index (χ0v) is 21.2. The number of hydrogen-bond acceptors (Lipinski definition) is 8. The van der Waals surface area contributed by atoms with E-state index in [1.165, 1.54) is 6.20 Å². The molecular weight excluding hydrogens is 480 g/mol. The highest BCUT2D eigenvalue weighted by Crippen LogP contribution is 2.29. The summed E-state index contributed by atoms with van der Waals surface area (Å²) in [4.78, 5) is 20.7. The average molecular weight is 511 g/mol. The number of rotatable bonds is 8. The van der Waals surface area contributed by atoms with Gasteiger partial charge >= 0.3 is 0 Å². The predicted octanol–water partition coefficient (Wildman–Crippen LogP) is 2.86. The van der Waals surface area contributed by atoms with Crippen LogP contribution in [0.1, 0.15) is 22.8 Å². The van der Waals surface area contributed by atoms with Crippen molar-refractivity contribution in [3.63, 3.8) is 0 Å². The highest BCUT2D eigenvalue weighted by atomic mass is 32.2. The van der Waals surface area contributed by atoms with E-state index < -0.39 is 15.9 Å². The molecule has 1 amide bonds. The molecule has 2 heterocycles. The van der Waals surface area contributed by atoms with Crippen molar-refractivity contribution in [2.75, 3.05) is 43.9 Å². The molecule has 0 saturated carbocycles. The molecule has 2 aromatic carbocycles. The number of carbonyl (C=O) groups is 1. The van der Waals surface area contributed by atoms with E-state index in [4.69, 9.17) is 4.74 Å². The number of aromatic hydroxyl groups is 1. The van der Waals surface area contributed by atoms with Crippen LogP contribution in [0.5, 0.6) is 11.5 Å². The van der Waals surface area contributed by atoms with Gasteiger partial charge < -0.3 is 14.7 Å². The third-order valence-corrected chi connectivity index (χ3v) is 6.44. The average Bonchev–Trinajstić information content (AvgIpc) is 2.84. The Labute approximate surface area is 211 Å². The monoisotopic (exact) mass is 510 g/mol. The van der Waals surface area contributed by atoms with E-state index in [0.717, 1.165) is 67.1 Å². The number of benzene rings is 2. The van der Waals surface area contributed by atoms with Crippen LogP contribution in [-0.4, -0.2) is 68.4 Å². The van der Waals surface area contributed by atoms with Gasteiger partial charge in [0.05, 0.1) is 19.1 Å². The van der Waals surface area contributed by atoms with Gasteiger partial charge in [0.25, 0.3) is 5.91 Å². The lowest BCUT2D eigenvalue weighted by Gasteiger charge is -2.36. The summed E-state index contributed by atoms with van der Waals surface area (Å²) < 4.78 is 30.3. The summed E-state index contributed by atoms with van der Waals surface area (Å²) in [6, 6.07) is 14.8. The molecule has 0 bridgehead atoms.